The first-order valence-corrected chi connectivity index (χ1v) is 4.64. The number of hydrazine groups is 1. The Morgan fingerprint density at radius 1 is 1.44 bits per heavy atom. The number of aliphatic imine (C=N–C) groups is 1. The topological polar surface area (TPSA) is 59.6 Å². The molecule has 1 aromatic carbocycles. The van der Waals surface area contributed by atoms with Crippen molar-refractivity contribution < 1.29 is 13.5 Å². The van der Waals surface area contributed by atoms with Crippen LogP contribution >= 0.6 is 0 Å². The van der Waals surface area contributed by atoms with Gasteiger partial charge >= 0.3 is 0 Å². The first kappa shape index (κ1) is 12.5. The van der Waals surface area contributed by atoms with E-state index in [4.69, 9.17) is 10.6 Å². The number of nitrogens with one attached hydrogen (secondary N) is 1. The zero-order chi connectivity index (χ0) is 12.0. The van der Waals surface area contributed by atoms with Gasteiger partial charge in [0.25, 0.3) is 0 Å². The minimum absolute atomic E-state index is 0.288. The summed E-state index contributed by atoms with van der Waals surface area (Å²) in [5.74, 6) is 3.68. The van der Waals surface area contributed by atoms with Gasteiger partial charge in [-0.3, -0.25) is 4.99 Å². The Hall–Kier alpha value is -1.53. The fourth-order valence-electron chi connectivity index (χ4n) is 1.11. The molecule has 0 radical (unpaired) electrons. The Kier molecular flexibility index (Phi) is 4.81. The van der Waals surface area contributed by atoms with Crippen molar-refractivity contribution in [1.82, 2.24) is 5.43 Å². The highest BCUT2D eigenvalue weighted by Crippen LogP contribution is 2.08. The van der Waals surface area contributed by atoms with Crippen LogP contribution in [0.2, 0.25) is 0 Å². The number of ether oxygens (including phenoxy) is 1. The van der Waals surface area contributed by atoms with Crippen molar-refractivity contribution in [2.24, 2.45) is 10.8 Å². The largest absolute Gasteiger partial charge is 0.383 e. The molecule has 1 rings (SSSR count). The summed E-state index contributed by atoms with van der Waals surface area (Å²) in [6.07, 6.45) is 0. The Balaban J connectivity index is 2.86. The van der Waals surface area contributed by atoms with Crippen LogP contribution in [0.4, 0.5) is 8.78 Å². The number of benzene rings is 1. The second kappa shape index (κ2) is 6.14. The van der Waals surface area contributed by atoms with Crippen LogP contribution in [0.3, 0.4) is 0 Å². The molecule has 0 bridgehead atoms. The van der Waals surface area contributed by atoms with E-state index in [1.807, 2.05) is 0 Å². The van der Waals surface area contributed by atoms with Gasteiger partial charge in [0, 0.05) is 12.7 Å². The third-order valence-electron chi connectivity index (χ3n) is 1.90. The summed E-state index contributed by atoms with van der Waals surface area (Å²) in [4.78, 5) is 4.04. The lowest BCUT2D eigenvalue weighted by atomic mass is 10.2. The number of methoxy groups -OCH3 is 1. The summed E-state index contributed by atoms with van der Waals surface area (Å²) in [5, 5.41) is 0. The van der Waals surface area contributed by atoms with Gasteiger partial charge in [-0.2, -0.15) is 0 Å². The second-order valence-corrected chi connectivity index (χ2v) is 3.00. The second-order valence-electron chi connectivity index (χ2n) is 3.00. The first-order valence-electron chi connectivity index (χ1n) is 4.64. The molecule has 0 atom stereocenters. The molecule has 0 unspecified atom stereocenters. The number of nitrogens with zero attached hydrogens (tertiary/aromatic N) is 1. The fraction of sp³-hybridized carbons (Fsp3) is 0.300. The lowest BCUT2D eigenvalue weighted by Gasteiger charge is -2.06. The minimum atomic E-state index is -0.938. The number of amidine groups is 1. The summed E-state index contributed by atoms with van der Waals surface area (Å²) >= 11 is 0. The maximum absolute atomic E-state index is 12.9. The highest BCUT2D eigenvalue weighted by Gasteiger charge is 2.06. The lowest BCUT2D eigenvalue weighted by molar-refractivity contribution is 0.208. The Bertz CT molecular complexity index is 382. The molecule has 0 saturated heterocycles. The molecular weight excluding hydrogens is 216 g/mol. The molecule has 0 heterocycles. The van der Waals surface area contributed by atoms with E-state index in [9.17, 15) is 8.78 Å². The number of hydrogen-bond donors (Lipinski definition) is 2. The van der Waals surface area contributed by atoms with Gasteiger partial charge in [-0.1, -0.05) is 0 Å². The zero-order valence-electron chi connectivity index (χ0n) is 8.84. The summed E-state index contributed by atoms with van der Waals surface area (Å²) in [5.41, 5.74) is 2.72. The third-order valence-corrected chi connectivity index (χ3v) is 1.90. The van der Waals surface area contributed by atoms with Gasteiger partial charge in [0.2, 0.25) is 0 Å². The summed E-state index contributed by atoms with van der Waals surface area (Å²) in [6.45, 7) is 0.809. The fourth-order valence-corrected chi connectivity index (χ4v) is 1.11. The maximum atomic E-state index is 12.9. The number of nitrogens with two attached hydrogens (primary N) is 1. The lowest BCUT2D eigenvalue weighted by Crippen LogP contribution is -2.31. The van der Waals surface area contributed by atoms with Crippen LogP contribution in [0.15, 0.2) is 23.2 Å². The van der Waals surface area contributed by atoms with Crippen LogP contribution in [-0.4, -0.2) is 26.1 Å². The van der Waals surface area contributed by atoms with E-state index < -0.39 is 11.6 Å². The van der Waals surface area contributed by atoms with Crippen molar-refractivity contribution in [2.45, 2.75) is 0 Å². The van der Waals surface area contributed by atoms with Gasteiger partial charge in [0.1, 0.15) is 5.84 Å². The third kappa shape index (κ3) is 3.25. The van der Waals surface area contributed by atoms with E-state index in [-0.39, 0.29) is 5.84 Å². The van der Waals surface area contributed by atoms with E-state index in [0.29, 0.717) is 18.7 Å². The Morgan fingerprint density at radius 2 is 2.19 bits per heavy atom. The Labute approximate surface area is 92.1 Å². The van der Waals surface area contributed by atoms with Gasteiger partial charge in [0.05, 0.1) is 13.2 Å². The molecular formula is C10H13F2N3O. The van der Waals surface area contributed by atoms with Gasteiger partial charge < -0.3 is 10.2 Å². The first-order chi connectivity index (χ1) is 7.69. The van der Waals surface area contributed by atoms with Gasteiger partial charge in [-0.15, -0.1) is 0 Å². The average molecular weight is 229 g/mol. The minimum Gasteiger partial charge on any atom is -0.383 e. The number of rotatable bonds is 4. The van der Waals surface area contributed by atoms with Gasteiger partial charge in [0.15, 0.2) is 11.6 Å². The van der Waals surface area contributed by atoms with E-state index in [1.165, 1.54) is 6.07 Å². The predicted molar refractivity (Wildman–Crippen MR) is 57.0 cm³/mol. The van der Waals surface area contributed by atoms with E-state index >= 15 is 0 Å². The van der Waals surface area contributed by atoms with Gasteiger partial charge in [-0.25, -0.2) is 14.6 Å². The molecule has 1 aromatic rings. The average Bonchev–Trinajstić information content (AvgIpc) is 2.29. The van der Waals surface area contributed by atoms with Crippen molar-refractivity contribution in [1.29, 1.82) is 0 Å². The van der Waals surface area contributed by atoms with Gasteiger partial charge in [-0.05, 0) is 18.2 Å². The molecule has 0 aliphatic carbocycles. The molecule has 88 valence electrons. The van der Waals surface area contributed by atoms with E-state index in [0.717, 1.165) is 12.1 Å². The molecule has 0 fully saturated rings. The van der Waals surface area contributed by atoms with E-state index in [1.54, 1.807) is 7.11 Å². The van der Waals surface area contributed by atoms with Crippen molar-refractivity contribution in [3.8, 4) is 0 Å². The number of hydrogen-bond acceptors (Lipinski definition) is 3. The molecule has 0 aromatic heterocycles. The van der Waals surface area contributed by atoms with E-state index in [2.05, 4.69) is 10.4 Å². The molecule has 3 N–H and O–H groups in total. The highest BCUT2D eigenvalue weighted by atomic mass is 19.2. The van der Waals surface area contributed by atoms with Crippen molar-refractivity contribution >= 4 is 5.84 Å². The summed E-state index contributed by atoms with van der Waals surface area (Å²) in [6, 6.07) is 3.44. The van der Waals surface area contributed by atoms with Crippen molar-refractivity contribution in [3.05, 3.63) is 35.4 Å². The zero-order valence-corrected chi connectivity index (χ0v) is 8.84. The summed E-state index contributed by atoms with van der Waals surface area (Å²) < 4.78 is 30.4. The van der Waals surface area contributed by atoms with Crippen LogP contribution in [0.1, 0.15) is 5.56 Å². The monoisotopic (exact) mass is 229 g/mol. The molecule has 0 spiro atoms. The molecule has 0 saturated carbocycles. The molecule has 6 heteroatoms. The predicted octanol–water partition coefficient (Wildman–Crippen LogP) is 0.821. The standard InChI is InChI=1S/C10H13F2N3O/c1-16-5-4-14-10(15-13)7-2-3-8(11)9(12)6-7/h2-3,6H,4-5,13H2,1H3,(H,14,15). The van der Waals surface area contributed by atoms with Crippen molar-refractivity contribution in [2.75, 3.05) is 20.3 Å². The van der Waals surface area contributed by atoms with Crippen molar-refractivity contribution in [3.63, 3.8) is 0 Å². The Morgan fingerprint density at radius 3 is 2.75 bits per heavy atom. The maximum Gasteiger partial charge on any atom is 0.159 e. The normalized spacial score (nSPS) is 11.6. The van der Waals surface area contributed by atoms with Crippen LogP contribution in [0, 0.1) is 11.6 Å². The quantitative estimate of drug-likeness (QED) is 0.264. The highest BCUT2D eigenvalue weighted by molar-refractivity contribution is 5.98. The molecule has 0 amide bonds. The summed E-state index contributed by atoms with van der Waals surface area (Å²) in [7, 11) is 1.54. The molecule has 0 aliphatic rings. The SMILES string of the molecule is COCCN=C(NN)c1ccc(F)c(F)c1. The number of halogens is 2. The van der Waals surface area contributed by atoms with Crippen LogP contribution in [0.25, 0.3) is 0 Å². The molecule has 16 heavy (non-hydrogen) atoms. The molecule has 0 aliphatic heterocycles. The van der Waals surface area contributed by atoms with Crippen LogP contribution < -0.4 is 11.3 Å². The smallest absolute Gasteiger partial charge is 0.159 e. The van der Waals surface area contributed by atoms with Crippen LogP contribution in [-0.2, 0) is 4.74 Å². The molecule has 4 nitrogen and oxygen atoms in total. The van der Waals surface area contributed by atoms with Crippen LogP contribution in [0.5, 0.6) is 0 Å².